The van der Waals surface area contributed by atoms with Gasteiger partial charge in [0.15, 0.2) is 0 Å². The van der Waals surface area contributed by atoms with E-state index in [1.807, 2.05) is 4.90 Å². The Labute approximate surface area is 163 Å². The molecule has 1 aliphatic carbocycles. The summed E-state index contributed by atoms with van der Waals surface area (Å²) in [5.74, 6) is 0.176. The smallest absolute Gasteiger partial charge is 0.381 e. The molecule has 1 aromatic carbocycles. The molecule has 1 unspecified atom stereocenters. The summed E-state index contributed by atoms with van der Waals surface area (Å²) in [6.45, 7) is 2.52. The van der Waals surface area contributed by atoms with Crippen LogP contribution in [0.4, 0.5) is 13.2 Å². The van der Waals surface area contributed by atoms with Crippen LogP contribution < -0.4 is 5.32 Å². The summed E-state index contributed by atoms with van der Waals surface area (Å²) in [7, 11) is 0. The maximum atomic E-state index is 13.0. The van der Waals surface area contributed by atoms with Gasteiger partial charge in [0.1, 0.15) is 0 Å². The average molecular weight is 396 g/mol. The molecule has 1 aromatic rings. The molecule has 154 valence electrons. The van der Waals surface area contributed by atoms with Crippen molar-refractivity contribution in [2.45, 2.75) is 63.3 Å². The molecule has 0 bridgehead atoms. The number of ether oxygens (including phenoxy) is 1. The second kappa shape index (κ2) is 8.03. The van der Waals surface area contributed by atoms with Gasteiger partial charge < -0.3 is 15.0 Å². The van der Waals surface area contributed by atoms with Gasteiger partial charge in [0.25, 0.3) is 0 Å². The number of nitrogens with one attached hydrogen (secondary N) is 1. The van der Waals surface area contributed by atoms with Gasteiger partial charge in [-0.05, 0) is 61.8 Å². The van der Waals surface area contributed by atoms with E-state index in [2.05, 4.69) is 5.32 Å². The van der Waals surface area contributed by atoms with Crippen molar-refractivity contribution in [3.05, 3.63) is 34.9 Å². The summed E-state index contributed by atoms with van der Waals surface area (Å²) in [5, 5.41) is 3.68. The van der Waals surface area contributed by atoms with Gasteiger partial charge in [-0.2, -0.15) is 13.2 Å². The van der Waals surface area contributed by atoms with E-state index in [0.29, 0.717) is 37.2 Å². The number of fused-ring (bicyclic) bond motifs is 1. The minimum Gasteiger partial charge on any atom is -0.381 e. The SMILES string of the molecule is O=C(C1CC[C@@H](NC2CCOCC2)C1)N1CCc2cc(C(F)(F)F)ccc2C1. The second-order valence-electron chi connectivity index (χ2n) is 8.25. The summed E-state index contributed by atoms with van der Waals surface area (Å²) >= 11 is 0. The van der Waals surface area contributed by atoms with Gasteiger partial charge in [0.05, 0.1) is 5.56 Å². The maximum absolute atomic E-state index is 13.0. The van der Waals surface area contributed by atoms with Crippen LogP contribution in [-0.2, 0) is 28.7 Å². The number of carbonyl (C=O) groups is 1. The largest absolute Gasteiger partial charge is 0.416 e. The zero-order chi connectivity index (χ0) is 19.7. The first-order chi connectivity index (χ1) is 13.4. The third-order valence-electron chi connectivity index (χ3n) is 6.33. The Morgan fingerprint density at radius 2 is 1.86 bits per heavy atom. The van der Waals surface area contributed by atoms with E-state index < -0.39 is 11.7 Å². The van der Waals surface area contributed by atoms with E-state index in [1.165, 1.54) is 12.1 Å². The first-order valence-corrected chi connectivity index (χ1v) is 10.2. The van der Waals surface area contributed by atoms with Gasteiger partial charge in [-0.15, -0.1) is 0 Å². The molecule has 2 aliphatic heterocycles. The zero-order valence-corrected chi connectivity index (χ0v) is 15.9. The summed E-state index contributed by atoms with van der Waals surface area (Å²) < 4.78 is 44.1. The molecular weight excluding hydrogens is 369 g/mol. The van der Waals surface area contributed by atoms with Gasteiger partial charge >= 0.3 is 6.18 Å². The molecule has 3 aliphatic rings. The lowest BCUT2D eigenvalue weighted by molar-refractivity contribution is -0.138. The standard InChI is InChI=1S/C21H27F3N2O2/c22-21(23,24)17-3-1-16-13-26(8-5-14(16)11-17)20(27)15-2-4-19(12-15)25-18-6-9-28-10-7-18/h1,3,11,15,18-19,25H,2,4-10,12-13H2/t15?,19-/m1/s1. The minimum absolute atomic E-state index is 0.0216. The van der Waals surface area contributed by atoms with Crippen molar-refractivity contribution >= 4 is 5.91 Å². The Kier molecular flexibility index (Phi) is 5.65. The number of halogens is 3. The quantitative estimate of drug-likeness (QED) is 0.850. The van der Waals surface area contributed by atoms with E-state index in [-0.39, 0.29) is 11.8 Å². The van der Waals surface area contributed by atoms with Crippen LogP contribution >= 0.6 is 0 Å². The Bertz CT molecular complexity index is 716. The molecule has 2 fully saturated rings. The molecule has 28 heavy (non-hydrogen) atoms. The highest BCUT2D eigenvalue weighted by Crippen LogP contribution is 2.33. The number of alkyl halides is 3. The fraction of sp³-hybridized carbons (Fsp3) is 0.667. The van der Waals surface area contributed by atoms with E-state index in [1.54, 1.807) is 0 Å². The molecule has 1 amide bonds. The number of hydrogen-bond acceptors (Lipinski definition) is 3. The molecule has 4 nitrogen and oxygen atoms in total. The highest BCUT2D eigenvalue weighted by atomic mass is 19.4. The van der Waals surface area contributed by atoms with Crippen LogP contribution in [0.2, 0.25) is 0 Å². The van der Waals surface area contributed by atoms with Crippen LogP contribution in [0.3, 0.4) is 0 Å². The first kappa shape index (κ1) is 19.7. The molecular formula is C21H27F3N2O2. The minimum atomic E-state index is -4.32. The molecule has 0 aromatic heterocycles. The molecule has 1 saturated carbocycles. The van der Waals surface area contributed by atoms with Crippen molar-refractivity contribution in [1.29, 1.82) is 0 Å². The molecule has 0 spiro atoms. The van der Waals surface area contributed by atoms with Crippen LogP contribution in [0, 0.1) is 5.92 Å². The Morgan fingerprint density at radius 1 is 1.07 bits per heavy atom. The third kappa shape index (κ3) is 4.35. The highest BCUT2D eigenvalue weighted by Gasteiger charge is 2.36. The number of rotatable bonds is 3. The molecule has 0 radical (unpaired) electrons. The van der Waals surface area contributed by atoms with Gasteiger partial charge in [-0.3, -0.25) is 4.79 Å². The summed E-state index contributed by atoms with van der Waals surface area (Å²) in [4.78, 5) is 14.8. The summed E-state index contributed by atoms with van der Waals surface area (Å²) in [6, 6.07) is 4.75. The monoisotopic (exact) mass is 396 g/mol. The Balaban J connectivity index is 1.33. The van der Waals surface area contributed by atoms with Crippen molar-refractivity contribution in [3.8, 4) is 0 Å². The lowest BCUT2D eigenvalue weighted by atomic mass is 9.95. The lowest BCUT2D eigenvalue weighted by Crippen LogP contribution is -2.42. The average Bonchev–Trinajstić information content (AvgIpc) is 3.15. The van der Waals surface area contributed by atoms with Crippen LogP contribution in [0.1, 0.15) is 48.8 Å². The van der Waals surface area contributed by atoms with Crippen molar-refractivity contribution in [3.63, 3.8) is 0 Å². The Morgan fingerprint density at radius 3 is 2.61 bits per heavy atom. The molecule has 4 rings (SSSR count). The predicted octanol–water partition coefficient (Wildman–Crippen LogP) is 3.53. The van der Waals surface area contributed by atoms with E-state index in [9.17, 15) is 18.0 Å². The number of nitrogens with zero attached hydrogens (tertiary/aromatic N) is 1. The van der Waals surface area contributed by atoms with Gasteiger partial charge in [-0.25, -0.2) is 0 Å². The lowest BCUT2D eigenvalue weighted by Gasteiger charge is -2.31. The summed E-state index contributed by atoms with van der Waals surface area (Å²) in [5.41, 5.74) is 0.940. The Hall–Kier alpha value is -1.60. The van der Waals surface area contributed by atoms with Gasteiger partial charge in [-0.1, -0.05) is 6.07 Å². The van der Waals surface area contributed by atoms with Crippen LogP contribution in [0.15, 0.2) is 18.2 Å². The zero-order valence-electron chi connectivity index (χ0n) is 15.9. The molecule has 2 heterocycles. The second-order valence-corrected chi connectivity index (χ2v) is 8.25. The topological polar surface area (TPSA) is 41.6 Å². The summed E-state index contributed by atoms with van der Waals surface area (Å²) in [6.07, 6.45) is 0.964. The van der Waals surface area contributed by atoms with Gasteiger partial charge in [0, 0.05) is 44.3 Å². The van der Waals surface area contributed by atoms with Crippen molar-refractivity contribution < 1.29 is 22.7 Å². The van der Waals surface area contributed by atoms with Gasteiger partial charge in [0.2, 0.25) is 5.91 Å². The van der Waals surface area contributed by atoms with E-state index in [0.717, 1.165) is 56.9 Å². The number of hydrogen-bond donors (Lipinski definition) is 1. The van der Waals surface area contributed by atoms with Crippen molar-refractivity contribution in [2.75, 3.05) is 19.8 Å². The third-order valence-corrected chi connectivity index (χ3v) is 6.33. The normalized spacial score (nSPS) is 26.3. The van der Waals surface area contributed by atoms with E-state index >= 15 is 0 Å². The predicted molar refractivity (Wildman–Crippen MR) is 98.7 cm³/mol. The molecule has 1 saturated heterocycles. The number of benzene rings is 1. The first-order valence-electron chi connectivity index (χ1n) is 10.2. The molecule has 7 heteroatoms. The van der Waals surface area contributed by atoms with Crippen LogP contribution in [0.5, 0.6) is 0 Å². The highest BCUT2D eigenvalue weighted by molar-refractivity contribution is 5.79. The van der Waals surface area contributed by atoms with Crippen molar-refractivity contribution in [1.82, 2.24) is 10.2 Å². The molecule has 2 atom stereocenters. The van der Waals surface area contributed by atoms with Crippen LogP contribution in [-0.4, -0.2) is 42.6 Å². The number of amides is 1. The van der Waals surface area contributed by atoms with Crippen molar-refractivity contribution in [2.24, 2.45) is 5.92 Å². The van der Waals surface area contributed by atoms with Crippen LogP contribution in [0.25, 0.3) is 0 Å². The van der Waals surface area contributed by atoms with E-state index in [4.69, 9.17) is 4.74 Å². The molecule has 1 N–H and O–H groups in total. The fourth-order valence-electron chi connectivity index (χ4n) is 4.73. The fourth-order valence-corrected chi connectivity index (χ4v) is 4.73. The maximum Gasteiger partial charge on any atom is 0.416 e. The number of carbonyl (C=O) groups excluding carboxylic acids is 1.